The molecule has 0 fully saturated rings. The molecule has 2 aromatic rings. The second-order valence-corrected chi connectivity index (χ2v) is 7.32. The van der Waals surface area contributed by atoms with E-state index in [1.165, 1.54) is 5.56 Å². The number of rotatable bonds is 6. The van der Waals surface area contributed by atoms with Crippen LogP contribution in [0.2, 0.25) is 0 Å². The Bertz CT molecular complexity index is 538. The van der Waals surface area contributed by atoms with Crippen LogP contribution in [0.25, 0.3) is 0 Å². The Balaban J connectivity index is 1.94. The molecule has 6 heteroatoms. The maximum atomic E-state index is 4.29. The third-order valence-electron chi connectivity index (χ3n) is 2.83. The number of nitrogens with one attached hydrogen (secondary N) is 1. The molecule has 0 amide bonds. The number of anilines is 1. The number of thiophene rings is 1. The zero-order valence-electron chi connectivity index (χ0n) is 11.9. The lowest BCUT2D eigenvalue weighted by atomic mass is 10.3. The normalized spacial score (nSPS) is 11.1. The number of nitrogens with zero attached hydrogens (tertiary/aromatic N) is 3. The van der Waals surface area contributed by atoms with Crippen molar-refractivity contribution in [2.75, 3.05) is 11.9 Å². The van der Waals surface area contributed by atoms with Crippen LogP contribution < -0.4 is 10.2 Å². The van der Waals surface area contributed by atoms with Crippen molar-refractivity contribution in [1.82, 2.24) is 15.5 Å². The zero-order chi connectivity index (χ0) is 14.5. The summed E-state index contributed by atoms with van der Waals surface area (Å²) in [6.07, 6.45) is 0. The van der Waals surface area contributed by atoms with Crippen molar-refractivity contribution in [2.24, 2.45) is 0 Å². The van der Waals surface area contributed by atoms with Gasteiger partial charge in [0.2, 0.25) is 0 Å². The lowest BCUT2D eigenvalue weighted by molar-refractivity contribution is 0.577. The molecular weight excluding hydrogens is 336 g/mol. The third kappa shape index (κ3) is 4.54. The Morgan fingerprint density at radius 1 is 1.35 bits per heavy atom. The fraction of sp³-hybridized carbons (Fsp3) is 0.429. The highest BCUT2D eigenvalue weighted by Gasteiger charge is 2.06. The maximum Gasteiger partial charge on any atom is 0.151 e. The second-order valence-electron chi connectivity index (χ2n) is 5.03. The minimum Gasteiger partial charge on any atom is -0.354 e. The molecular formula is C14H19BrN4S. The molecule has 0 radical (unpaired) electrons. The zero-order valence-corrected chi connectivity index (χ0v) is 14.3. The first-order valence-corrected chi connectivity index (χ1v) is 8.22. The van der Waals surface area contributed by atoms with Gasteiger partial charge in [0, 0.05) is 26.2 Å². The molecule has 4 nitrogen and oxygen atoms in total. The molecule has 1 N–H and O–H groups in total. The first-order chi connectivity index (χ1) is 9.54. The van der Waals surface area contributed by atoms with Crippen LogP contribution in [0.15, 0.2) is 27.4 Å². The van der Waals surface area contributed by atoms with Gasteiger partial charge in [0.25, 0.3) is 0 Å². The lowest BCUT2D eigenvalue weighted by Gasteiger charge is -2.17. The third-order valence-corrected chi connectivity index (χ3v) is 4.38. The summed E-state index contributed by atoms with van der Waals surface area (Å²) < 4.78 is 1.15. The van der Waals surface area contributed by atoms with Crippen molar-refractivity contribution < 1.29 is 0 Å². The summed E-state index contributed by atoms with van der Waals surface area (Å²) in [5.74, 6) is 0.889. The van der Waals surface area contributed by atoms with E-state index in [2.05, 4.69) is 61.6 Å². The van der Waals surface area contributed by atoms with E-state index >= 15 is 0 Å². The van der Waals surface area contributed by atoms with Crippen LogP contribution in [-0.4, -0.2) is 23.3 Å². The van der Waals surface area contributed by atoms with Gasteiger partial charge in [-0.3, -0.25) is 0 Å². The molecule has 0 aliphatic carbocycles. The molecule has 0 unspecified atom stereocenters. The summed E-state index contributed by atoms with van der Waals surface area (Å²) in [6, 6.07) is 6.63. The van der Waals surface area contributed by atoms with Gasteiger partial charge in [-0.15, -0.1) is 16.4 Å². The first-order valence-electron chi connectivity index (χ1n) is 6.54. The average molecular weight is 355 g/mol. The highest BCUT2D eigenvalue weighted by atomic mass is 79.9. The maximum absolute atomic E-state index is 4.29. The largest absolute Gasteiger partial charge is 0.354 e. The molecule has 20 heavy (non-hydrogen) atoms. The Kier molecular flexibility index (Phi) is 5.51. The molecule has 0 atom stereocenters. The Morgan fingerprint density at radius 2 is 2.15 bits per heavy atom. The van der Waals surface area contributed by atoms with Crippen molar-refractivity contribution in [2.45, 2.75) is 33.0 Å². The molecule has 2 aromatic heterocycles. The van der Waals surface area contributed by atoms with Gasteiger partial charge in [-0.05, 0) is 45.1 Å². The van der Waals surface area contributed by atoms with E-state index in [4.69, 9.17) is 0 Å². The predicted molar refractivity (Wildman–Crippen MR) is 88.1 cm³/mol. The van der Waals surface area contributed by atoms with Crippen LogP contribution in [0.3, 0.4) is 0 Å². The van der Waals surface area contributed by atoms with Crippen LogP contribution >= 0.6 is 27.3 Å². The van der Waals surface area contributed by atoms with Gasteiger partial charge in [0.15, 0.2) is 5.82 Å². The van der Waals surface area contributed by atoms with E-state index in [0.717, 1.165) is 28.4 Å². The van der Waals surface area contributed by atoms with Gasteiger partial charge in [-0.2, -0.15) is 5.10 Å². The molecule has 0 saturated heterocycles. The lowest BCUT2D eigenvalue weighted by Crippen LogP contribution is -2.23. The van der Waals surface area contributed by atoms with E-state index in [0.29, 0.717) is 6.04 Å². The van der Waals surface area contributed by atoms with Crippen LogP contribution in [0, 0.1) is 0 Å². The van der Waals surface area contributed by atoms with E-state index in [9.17, 15) is 0 Å². The van der Waals surface area contributed by atoms with Crippen LogP contribution in [0.4, 0.5) is 5.82 Å². The minimum absolute atomic E-state index is 0.455. The molecule has 0 bridgehead atoms. The van der Waals surface area contributed by atoms with E-state index in [-0.39, 0.29) is 0 Å². The fourth-order valence-corrected chi connectivity index (χ4v) is 2.94. The number of aromatic nitrogens is 2. The SMILES string of the molecule is CC(C)NCc1ccc(N(C)Cc2csc(Br)c2)nn1. The van der Waals surface area contributed by atoms with Crippen molar-refractivity contribution in [3.05, 3.63) is 38.6 Å². The van der Waals surface area contributed by atoms with Gasteiger partial charge in [0.1, 0.15) is 0 Å². The van der Waals surface area contributed by atoms with Crippen molar-refractivity contribution in [3.63, 3.8) is 0 Å². The molecule has 108 valence electrons. The number of hydrogen-bond donors (Lipinski definition) is 1. The highest BCUT2D eigenvalue weighted by molar-refractivity contribution is 9.11. The fourth-order valence-electron chi connectivity index (χ4n) is 1.74. The molecule has 0 aromatic carbocycles. The van der Waals surface area contributed by atoms with Gasteiger partial charge < -0.3 is 10.2 Å². The van der Waals surface area contributed by atoms with Crippen molar-refractivity contribution in [1.29, 1.82) is 0 Å². The Hall–Kier alpha value is -0.980. The Morgan fingerprint density at radius 3 is 2.70 bits per heavy atom. The van der Waals surface area contributed by atoms with Crippen molar-refractivity contribution in [3.8, 4) is 0 Å². The average Bonchev–Trinajstić information content (AvgIpc) is 2.82. The molecule has 2 heterocycles. The van der Waals surface area contributed by atoms with E-state index < -0.39 is 0 Å². The minimum atomic E-state index is 0.455. The van der Waals surface area contributed by atoms with Crippen LogP contribution in [0.5, 0.6) is 0 Å². The van der Waals surface area contributed by atoms with Gasteiger partial charge in [-0.25, -0.2) is 0 Å². The predicted octanol–water partition coefficient (Wildman–Crippen LogP) is 3.44. The topological polar surface area (TPSA) is 41.0 Å². The summed E-state index contributed by atoms with van der Waals surface area (Å²) in [6.45, 7) is 5.83. The summed E-state index contributed by atoms with van der Waals surface area (Å²) >= 11 is 5.18. The molecule has 0 spiro atoms. The van der Waals surface area contributed by atoms with Crippen LogP contribution in [0.1, 0.15) is 25.1 Å². The molecule has 0 saturated carbocycles. The molecule has 0 aliphatic rings. The molecule has 0 aliphatic heterocycles. The smallest absolute Gasteiger partial charge is 0.151 e. The summed E-state index contributed by atoms with van der Waals surface area (Å²) in [5.41, 5.74) is 2.24. The standard InChI is InChI=1S/C14H19BrN4S/c1-10(2)16-7-12-4-5-14(18-17-12)19(3)8-11-6-13(15)20-9-11/h4-6,9-10,16H,7-8H2,1-3H3. The summed E-state index contributed by atoms with van der Waals surface area (Å²) in [7, 11) is 2.03. The monoisotopic (exact) mass is 354 g/mol. The number of halogens is 1. The quantitative estimate of drug-likeness (QED) is 0.862. The number of hydrogen-bond acceptors (Lipinski definition) is 5. The van der Waals surface area contributed by atoms with Gasteiger partial charge in [0.05, 0.1) is 9.48 Å². The second kappa shape index (κ2) is 7.15. The molecule has 2 rings (SSSR count). The van der Waals surface area contributed by atoms with E-state index in [1.807, 2.05) is 19.2 Å². The first kappa shape index (κ1) is 15.4. The van der Waals surface area contributed by atoms with E-state index in [1.54, 1.807) is 11.3 Å². The summed E-state index contributed by atoms with van der Waals surface area (Å²) in [5, 5.41) is 14.0. The van der Waals surface area contributed by atoms with Crippen LogP contribution in [-0.2, 0) is 13.1 Å². The van der Waals surface area contributed by atoms with Gasteiger partial charge >= 0.3 is 0 Å². The Labute approximate surface area is 132 Å². The van der Waals surface area contributed by atoms with Gasteiger partial charge in [-0.1, -0.05) is 13.8 Å². The summed E-state index contributed by atoms with van der Waals surface area (Å²) in [4.78, 5) is 2.10. The van der Waals surface area contributed by atoms with Crippen molar-refractivity contribution >= 4 is 33.1 Å². The highest BCUT2D eigenvalue weighted by Crippen LogP contribution is 2.22.